The van der Waals surface area contributed by atoms with Gasteiger partial charge in [0.25, 0.3) is 0 Å². The minimum atomic E-state index is 0.0648. The summed E-state index contributed by atoms with van der Waals surface area (Å²) in [6.07, 6.45) is 3.07. The van der Waals surface area contributed by atoms with Gasteiger partial charge in [0.2, 0.25) is 0 Å². The van der Waals surface area contributed by atoms with Gasteiger partial charge < -0.3 is 5.73 Å². The van der Waals surface area contributed by atoms with Crippen molar-refractivity contribution in [3.8, 4) is 0 Å². The summed E-state index contributed by atoms with van der Waals surface area (Å²) in [7, 11) is 0. The van der Waals surface area contributed by atoms with Gasteiger partial charge in [0.15, 0.2) is 0 Å². The third kappa shape index (κ3) is 1.34. The minimum absolute atomic E-state index is 0.0648. The molecule has 1 fully saturated rings. The van der Waals surface area contributed by atoms with E-state index in [1.54, 1.807) is 0 Å². The lowest BCUT2D eigenvalue weighted by molar-refractivity contribution is 0.600. The molecule has 0 aromatic heterocycles. The van der Waals surface area contributed by atoms with Gasteiger partial charge in [-0.2, -0.15) is 0 Å². The Labute approximate surface area is 53.7 Å². The largest absolute Gasteiger partial charge is 0.327 e. The molecule has 4 heteroatoms. The Bertz CT molecular complexity index is 138. The van der Waals surface area contributed by atoms with Crippen molar-refractivity contribution < 1.29 is 0 Å². The molecule has 0 saturated heterocycles. The van der Waals surface area contributed by atoms with Crippen LogP contribution in [-0.4, -0.2) is 12.1 Å². The zero-order valence-electron chi connectivity index (χ0n) is 5.20. The molecule has 50 valence electrons. The molecule has 0 aliphatic heterocycles. The highest BCUT2D eigenvalue weighted by molar-refractivity contribution is 4.85. The number of hydrogen-bond acceptors (Lipinski definition) is 2. The van der Waals surface area contributed by atoms with Crippen LogP contribution in [0.4, 0.5) is 0 Å². The lowest BCUT2D eigenvalue weighted by Crippen LogP contribution is -2.26. The third-order valence-corrected chi connectivity index (χ3v) is 1.73. The molecule has 0 heterocycles. The number of rotatable bonds is 1. The van der Waals surface area contributed by atoms with Crippen LogP contribution in [0.1, 0.15) is 19.3 Å². The minimum Gasteiger partial charge on any atom is -0.327 e. The summed E-state index contributed by atoms with van der Waals surface area (Å²) in [5, 5.41) is 3.56. The number of azide groups is 1. The summed E-state index contributed by atoms with van der Waals surface area (Å²) >= 11 is 0. The SMILES string of the molecule is [N-]=[N+]=N[C@H]1CCC[C@H]1N. The Morgan fingerprint density at radius 2 is 2.33 bits per heavy atom. The van der Waals surface area contributed by atoms with Gasteiger partial charge >= 0.3 is 0 Å². The van der Waals surface area contributed by atoms with Gasteiger partial charge in [-0.05, 0) is 18.4 Å². The van der Waals surface area contributed by atoms with Crippen LogP contribution in [0.3, 0.4) is 0 Å². The standard InChI is InChI=1S/C5H10N4/c6-4-2-1-3-5(4)8-9-7/h4-5H,1-3,6H2/t4-,5+/m1/s1. The van der Waals surface area contributed by atoms with Crippen LogP contribution in [0.5, 0.6) is 0 Å². The third-order valence-electron chi connectivity index (χ3n) is 1.73. The summed E-state index contributed by atoms with van der Waals surface area (Å²) in [5.74, 6) is 0. The molecule has 0 spiro atoms. The maximum absolute atomic E-state index is 8.05. The Morgan fingerprint density at radius 1 is 1.56 bits per heavy atom. The predicted octanol–water partition coefficient (Wildman–Crippen LogP) is 1.18. The normalized spacial score (nSPS) is 33.9. The predicted molar refractivity (Wildman–Crippen MR) is 34.8 cm³/mol. The summed E-state index contributed by atoms with van der Waals surface area (Å²) in [5.41, 5.74) is 13.6. The van der Waals surface area contributed by atoms with E-state index in [9.17, 15) is 0 Å². The second-order valence-electron chi connectivity index (χ2n) is 2.37. The Morgan fingerprint density at radius 3 is 2.78 bits per heavy atom. The lowest BCUT2D eigenvalue weighted by Gasteiger charge is -2.05. The molecular formula is C5H10N4. The first-order valence-electron chi connectivity index (χ1n) is 3.14. The van der Waals surface area contributed by atoms with E-state index in [1.165, 1.54) is 0 Å². The Kier molecular flexibility index (Phi) is 1.92. The summed E-state index contributed by atoms with van der Waals surface area (Å²) in [6, 6.07) is 0.177. The average molecular weight is 126 g/mol. The van der Waals surface area contributed by atoms with E-state index in [0.717, 1.165) is 19.3 Å². The van der Waals surface area contributed by atoms with Crippen molar-refractivity contribution in [1.82, 2.24) is 0 Å². The van der Waals surface area contributed by atoms with E-state index in [4.69, 9.17) is 11.3 Å². The molecule has 1 rings (SSSR count). The average Bonchev–Trinajstić information content (AvgIpc) is 2.18. The van der Waals surface area contributed by atoms with Crippen molar-refractivity contribution in [2.75, 3.05) is 0 Å². The molecule has 1 saturated carbocycles. The zero-order chi connectivity index (χ0) is 6.69. The van der Waals surface area contributed by atoms with Crippen molar-refractivity contribution in [3.63, 3.8) is 0 Å². The van der Waals surface area contributed by atoms with E-state index >= 15 is 0 Å². The topological polar surface area (TPSA) is 74.8 Å². The van der Waals surface area contributed by atoms with Gasteiger partial charge in [-0.15, -0.1) is 0 Å². The number of nitrogens with two attached hydrogens (primary N) is 1. The fraction of sp³-hybridized carbons (Fsp3) is 1.00. The smallest absolute Gasteiger partial charge is 0.0525 e. The van der Waals surface area contributed by atoms with Gasteiger partial charge in [-0.3, -0.25) is 0 Å². The number of nitrogens with zero attached hydrogens (tertiary/aromatic N) is 3. The van der Waals surface area contributed by atoms with E-state index < -0.39 is 0 Å². The second kappa shape index (κ2) is 2.71. The van der Waals surface area contributed by atoms with Crippen LogP contribution in [0.15, 0.2) is 5.11 Å². The van der Waals surface area contributed by atoms with Crippen LogP contribution >= 0.6 is 0 Å². The molecule has 2 atom stereocenters. The van der Waals surface area contributed by atoms with E-state index in [0.29, 0.717) is 0 Å². The fourth-order valence-electron chi connectivity index (χ4n) is 1.18. The van der Waals surface area contributed by atoms with Crippen LogP contribution in [0.25, 0.3) is 10.4 Å². The molecule has 0 radical (unpaired) electrons. The van der Waals surface area contributed by atoms with Crippen LogP contribution in [0.2, 0.25) is 0 Å². The fourth-order valence-corrected chi connectivity index (χ4v) is 1.18. The van der Waals surface area contributed by atoms with E-state index in [2.05, 4.69) is 10.0 Å². The highest BCUT2D eigenvalue weighted by Crippen LogP contribution is 2.19. The summed E-state index contributed by atoms with van der Waals surface area (Å²) in [6.45, 7) is 0. The van der Waals surface area contributed by atoms with Crippen molar-refractivity contribution in [3.05, 3.63) is 10.4 Å². The van der Waals surface area contributed by atoms with Crippen molar-refractivity contribution in [2.24, 2.45) is 10.8 Å². The first-order valence-corrected chi connectivity index (χ1v) is 3.14. The zero-order valence-corrected chi connectivity index (χ0v) is 5.20. The monoisotopic (exact) mass is 126 g/mol. The van der Waals surface area contributed by atoms with E-state index in [1.807, 2.05) is 0 Å². The van der Waals surface area contributed by atoms with Crippen molar-refractivity contribution >= 4 is 0 Å². The summed E-state index contributed by atoms with van der Waals surface area (Å²) in [4.78, 5) is 2.71. The molecule has 1 aliphatic carbocycles. The molecule has 2 N–H and O–H groups in total. The van der Waals surface area contributed by atoms with Gasteiger partial charge in [0.05, 0.1) is 6.04 Å². The molecule has 0 aromatic carbocycles. The molecule has 1 aliphatic rings. The van der Waals surface area contributed by atoms with Crippen LogP contribution < -0.4 is 5.73 Å². The molecular weight excluding hydrogens is 116 g/mol. The maximum Gasteiger partial charge on any atom is 0.0525 e. The molecule has 0 unspecified atom stereocenters. The number of hydrogen-bond donors (Lipinski definition) is 1. The molecule has 0 bridgehead atoms. The van der Waals surface area contributed by atoms with E-state index in [-0.39, 0.29) is 12.1 Å². The van der Waals surface area contributed by atoms with Gasteiger partial charge in [0.1, 0.15) is 0 Å². The lowest BCUT2D eigenvalue weighted by atomic mass is 10.2. The molecule has 4 nitrogen and oxygen atoms in total. The Balaban J connectivity index is 2.49. The Hall–Kier alpha value is -0.730. The molecule has 0 amide bonds. The first kappa shape index (κ1) is 6.39. The molecule has 9 heavy (non-hydrogen) atoms. The summed E-state index contributed by atoms with van der Waals surface area (Å²) < 4.78 is 0. The van der Waals surface area contributed by atoms with Crippen LogP contribution in [0, 0.1) is 0 Å². The highest BCUT2D eigenvalue weighted by Gasteiger charge is 2.21. The quantitative estimate of drug-likeness (QED) is 0.319. The van der Waals surface area contributed by atoms with Gasteiger partial charge in [-0.25, -0.2) is 0 Å². The maximum atomic E-state index is 8.05. The first-order chi connectivity index (χ1) is 4.34. The van der Waals surface area contributed by atoms with Crippen molar-refractivity contribution in [1.29, 1.82) is 0 Å². The second-order valence-corrected chi connectivity index (χ2v) is 2.37. The van der Waals surface area contributed by atoms with Crippen LogP contribution in [-0.2, 0) is 0 Å². The van der Waals surface area contributed by atoms with Crippen molar-refractivity contribution in [2.45, 2.75) is 31.3 Å². The molecule has 0 aromatic rings. The van der Waals surface area contributed by atoms with Gasteiger partial charge in [-0.1, -0.05) is 11.5 Å². The van der Waals surface area contributed by atoms with Gasteiger partial charge in [0, 0.05) is 11.0 Å². The highest BCUT2D eigenvalue weighted by atomic mass is 15.2.